The summed E-state index contributed by atoms with van der Waals surface area (Å²) in [5.41, 5.74) is 8.65. The highest BCUT2D eigenvalue weighted by Gasteiger charge is 2.11. The second-order valence-electron chi connectivity index (χ2n) is 6.24. The Morgan fingerprint density at radius 1 is 0.923 bits per heavy atom. The zero-order chi connectivity index (χ0) is 19.3. The van der Waals surface area contributed by atoms with Crippen molar-refractivity contribution < 1.29 is 14.4 Å². The maximum absolute atomic E-state index is 12.1. The summed E-state index contributed by atoms with van der Waals surface area (Å²) in [6.45, 7) is 7.22. The van der Waals surface area contributed by atoms with Crippen LogP contribution in [0.15, 0.2) is 24.3 Å². The van der Waals surface area contributed by atoms with Crippen LogP contribution in [0.2, 0.25) is 0 Å². The van der Waals surface area contributed by atoms with Crippen molar-refractivity contribution in [2.45, 2.75) is 34.2 Å². The molecule has 8 heteroatoms. The van der Waals surface area contributed by atoms with Crippen molar-refractivity contribution in [1.29, 1.82) is 0 Å². The maximum atomic E-state index is 12.1. The van der Waals surface area contributed by atoms with Crippen molar-refractivity contribution in [2.75, 3.05) is 6.54 Å². The zero-order valence-corrected chi connectivity index (χ0v) is 15.3. The second kappa shape index (κ2) is 8.28. The van der Waals surface area contributed by atoms with Crippen molar-refractivity contribution in [3.8, 4) is 0 Å². The molecule has 3 amide bonds. The Morgan fingerprint density at radius 3 is 2.12 bits per heavy atom. The van der Waals surface area contributed by atoms with Gasteiger partial charge in [0.1, 0.15) is 6.54 Å². The van der Waals surface area contributed by atoms with Crippen LogP contribution in [0.5, 0.6) is 0 Å². The molecule has 2 aromatic rings. The van der Waals surface area contributed by atoms with E-state index in [0.717, 1.165) is 22.5 Å². The van der Waals surface area contributed by atoms with E-state index in [9.17, 15) is 14.4 Å². The molecule has 0 aliphatic carbocycles. The van der Waals surface area contributed by atoms with E-state index < -0.39 is 11.8 Å². The van der Waals surface area contributed by atoms with Crippen molar-refractivity contribution in [3.63, 3.8) is 0 Å². The maximum Gasteiger partial charge on any atom is 0.260 e. The minimum atomic E-state index is -0.524. The quantitative estimate of drug-likeness (QED) is 0.685. The number of hydrogen-bond donors (Lipinski definition) is 3. The molecule has 8 nitrogen and oxygen atoms in total. The Morgan fingerprint density at radius 2 is 1.54 bits per heavy atom. The van der Waals surface area contributed by atoms with E-state index in [1.165, 1.54) is 0 Å². The third-order valence-electron chi connectivity index (χ3n) is 3.63. The molecule has 0 saturated heterocycles. The lowest BCUT2D eigenvalue weighted by Gasteiger charge is -2.10. The highest BCUT2D eigenvalue weighted by atomic mass is 16.2. The standard InChI is InChI=1S/C18H23N5O3/c1-11-5-12(2)7-15(6-11)18(26)19-9-16(24)20-21-17(25)10-23-14(4)8-13(3)22-23/h5-8H,9-10H2,1-4H3,(H,19,26)(H,20,24)(H,21,25). The number of aromatic nitrogens is 2. The molecule has 0 aliphatic heterocycles. The first-order valence-electron chi connectivity index (χ1n) is 8.20. The Labute approximate surface area is 151 Å². The monoisotopic (exact) mass is 357 g/mol. The zero-order valence-electron chi connectivity index (χ0n) is 15.3. The topological polar surface area (TPSA) is 105 Å². The summed E-state index contributed by atoms with van der Waals surface area (Å²) >= 11 is 0. The van der Waals surface area contributed by atoms with E-state index in [1.54, 1.807) is 16.8 Å². The van der Waals surface area contributed by atoms with Crippen LogP contribution in [0.4, 0.5) is 0 Å². The largest absolute Gasteiger partial charge is 0.343 e. The third kappa shape index (κ3) is 5.44. The first-order chi connectivity index (χ1) is 12.2. The molecule has 2 rings (SSSR count). The molecule has 0 saturated carbocycles. The van der Waals surface area contributed by atoms with E-state index in [1.807, 2.05) is 39.8 Å². The normalized spacial score (nSPS) is 10.3. The van der Waals surface area contributed by atoms with Gasteiger partial charge in [-0.25, -0.2) is 0 Å². The number of aryl methyl sites for hydroxylation is 4. The molecule has 1 aromatic carbocycles. The molecule has 0 unspecified atom stereocenters. The van der Waals surface area contributed by atoms with Gasteiger partial charge >= 0.3 is 0 Å². The molecule has 0 fully saturated rings. The van der Waals surface area contributed by atoms with Gasteiger partial charge < -0.3 is 5.32 Å². The van der Waals surface area contributed by atoms with Crippen LogP contribution in [0.1, 0.15) is 32.9 Å². The molecule has 0 radical (unpaired) electrons. The number of amides is 3. The third-order valence-corrected chi connectivity index (χ3v) is 3.63. The Balaban J connectivity index is 1.77. The van der Waals surface area contributed by atoms with Gasteiger partial charge in [0.25, 0.3) is 17.7 Å². The van der Waals surface area contributed by atoms with E-state index in [0.29, 0.717) is 5.56 Å². The minimum Gasteiger partial charge on any atom is -0.343 e. The van der Waals surface area contributed by atoms with Gasteiger partial charge in [-0.1, -0.05) is 17.2 Å². The molecule has 138 valence electrons. The molecular formula is C18H23N5O3. The van der Waals surface area contributed by atoms with Crippen LogP contribution in [0.3, 0.4) is 0 Å². The summed E-state index contributed by atoms with van der Waals surface area (Å²) in [5, 5.41) is 6.69. The Hall–Kier alpha value is -3.16. The Bertz CT molecular complexity index is 821. The van der Waals surface area contributed by atoms with Crippen LogP contribution in [-0.2, 0) is 16.1 Å². The van der Waals surface area contributed by atoms with Crippen molar-refractivity contribution >= 4 is 17.7 Å². The van der Waals surface area contributed by atoms with E-state index in [-0.39, 0.29) is 19.0 Å². The molecule has 0 bridgehead atoms. The van der Waals surface area contributed by atoms with Crippen LogP contribution in [0.25, 0.3) is 0 Å². The SMILES string of the molecule is Cc1cc(C)cc(C(=O)NCC(=O)NNC(=O)Cn2nc(C)cc2C)c1. The van der Waals surface area contributed by atoms with Crippen molar-refractivity contribution in [3.05, 3.63) is 52.3 Å². The van der Waals surface area contributed by atoms with Crippen LogP contribution >= 0.6 is 0 Å². The molecule has 0 atom stereocenters. The van der Waals surface area contributed by atoms with Gasteiger partial charge in [-0.2, -0.15) is 5.10 Å². The van der Waals surface area contributed by atoms with Crippen molar-refractivity contribution in [1.82, 2.24) is 25.9 Å². The number of benzene rings is 1. The summed E-state index contributed by atoms with van der Waals surface area (Å²) in [5.74, 6) is -1.28. The fourth-order valence-electron chi connectivity index (χ4n) is 2.56. The molecule has 1 aromatic heterocycles. The number of hydrogen-bond acceptors (Lipinski definition) is 4. The van der Waals surface area contributed by atoms with Gasteiger partial charge in [-0.05, 0) is 45.9 Å². The van der Waals surface area contributed by atoms with Gasteiger partial charge in [0.15, 0.2) is 0 Å². The first-order valence-corrected chi connectivity index (χ1v) is 8.20. The van der Waals surface area contributed by atoms with Crippen LogP contribution < -0.4 is 16.2 Å². The predicted molar refractivity (Wildman–Crippen MR) is 96.2 cm³/mol. The lowest BCUT2D eigenvalue weighted by atomic mass is 10.1. The second-order valence-corrected chi connectivity index (χ2v) is 6.24. The lowest BCUT2D eigenvalue weighted by Crippen LogP contribution is -2.47. The summed E-state index contributed by atoms with van der Waals surface area (Å²) in [6.07, 6.45) is 0. The van der Waals surface area contributed by atoms with E-state index in [4.69, 9.17) is 0 Å². The summed E-state index contributed by atoms with van der Waals surface area (Å²) in [6, 6.07) is 7.31. The summed E-state index contributed by atoms with van der Waals surface area (Å²) in [4.78, 5) is 35.7. The predicted octanol–water partition coefficient (Wildman–Crippen LogP) is 0.694. The van der Waals surface area contributed by atoms with Gasteiger partial charge in [0, 0.05) is 11.3 Å². The highest BCUT2D eigenvalue weighted by Crippen LogP contribution is 2.08. The average molecular weight is 357 g/mol. The average Bonchev–Trinajstić information content (AvgIpc) is 2.87. The summed E-state index contributed by atoms with van der Waals surface area (Å²) < 4.78 is 1.54. The lowest BCUT2D eigenvalue weighted by molar-refractivity contribution is -0.128. The van der Waals surface area contributed by atoms with Crippen molar-refractivity contribution in [2.24, 2.45) is 0 Å². The molecule has 26 heavy (non-hydrogen) atoms. The minimum absolute atomic E-state index is 0.00508. The highest BCUT2D eigenvalue weighted by molar-refractivity contribution is 5.97. The smallest absolute Gasteiger partial charge is 0.260 e. The van der Waals surface area contributed by atoms with Crippen LogP contribution in [-0.4, -0.2) is 34.0 Å². The van der Waals surface area contributed by atoms with Gasteiger partial charge in [0.05, 0.1) is 12.2 Å². The van der Waals surface area contributed by atoms with E-state index in [2.05, 4.69) is 21.3 Å². The summed E-state index contributed by atoms with van der Waals surface area (Å²) in [7, 11) is 0. The number of nitrogens with one attached hydrogen (secondary N) is 3. The fraction of sp³-hybridized carbons (Fsp3) is 0.333. The molecule has 3 N–H and O–H groups in total. The van der Waals surface area contributed by atoms with Gasteiger partial charge in [-0.15, -0.1) is 0 Å². The first kappa shape index (κ1) is 19.2. The number of nitrogens with zero attached hydrogens (tertiary/aromatic N) is 2. The fourth-order valence-corrected chi connectivity index (χ4v) is 2.56. The molecule has 0 aliphatic rings. The molecular weight excluding hydrogens is 334 g/mol. The number of rotatable bonds is 5. The van der Waals surface area contributed by atoms with Gasteiger partial charge in [-0.3, -0.25) is 29.9 Å². The van der Waals surface area contributed by atoms with Crippen LogP contribution in [0, 0.1) is 27.7 Å². The molecule has 0 spiro atoms. The van der Waals surface area contributed by atoms with Gasteiger partial charge in [0.2, 0.25) is 0 Å². The number of carbonyl (C=O) groups is 3. The number of carbonyl (C=O) groups excluding carboxylic acids is 3. The number of hydrazine groups is 1. The molecule has 1 heterocycles. The van der Waals surface area contributed by atoms with E-state index >= 15 is 0 Å². The Kier molecular flexibility index (Phi) is 6.11.